The third kappa shape index (κ3) is 3.17. The highest BCUT2D eigenvalue weighted by molar-refractivity contribution is 6.14. The van der Waals surface area contributed by atoms with Gasteiger partial charge in [-0.05, 0) is 88.7 Å². The smallest absolute Gasteiger partial charge is 0.286 e. The SMILES string of the molecule is Cc1cc(-c2c(C)c(C)cc3c2oc2cc4c5c(ccc4cc23)C(C)(C)CCC5(C)C)[n+](C)cn1. The van der Waals surface area contributed by atoms with Crippen LogP contribution in [-0.2, 0) is 17.9 Å². The van der Waals surface area contributed by atoms with E-state index in [-0.39, 0.29) is 10.8 Å². The second kappa shape index (κ2) is 7.16. The molecule has 2 aromatic heterocycles. The van der Waals surface area contributed by atoms with Crippen molar-refractivity contribution < 1.29 is 8.98 Å². The van der Waals surface area contributed by atoms with Crippen molar-refractivity contribution in [3.63, 3.8) is 0 Å². The number of aromatic nitrogens is 2. The molecule has 0 spiro atoms. The molecule has 0 aliphatic heterocycles. The molecule has 3 nitrogen and oxygen atoms in total. The van der Waals surface area contributed by atoms with E-state index in [4.69, 9.17) is 4.42 Å². The Morgan fingerprint density at radius 1 is 0.857 bits per heavy atom. The summed E-state index contributed by atoms with van der Waals surface area (Å²) in [6.45, 7) is 16.0. The maximum Gasteiger partial charge on any atom is 0.286 e. The molecule has 6 rings (SSSR count). The summed E-state index contributed by atoms with van der Waals surface area (Å²) in [4.78, 5) is 4.48. The first-order valence-electron chi connectivity index (χ1n) is 12.7. The fourth-order valence-corrected chi connectivity index (χ4v) is 6.27. The zero-order valence-corrected chi connectivity index (χ0v) is 22.3. The first kappa shape index (κ1) is 22.3. The molecule has 3 heteroatoms. The molecule has 0 N–H and O–H groups in total. The van der Waals surface area contributed by atoms with E-state index < -0.39 is 0 Å². The number of benzene rings is 3. The molecule has 0 saturated heterocycles. The van der Waals surface area contributed by atoms with Gasteiger partial charge in [0.25, 0.3) is 6.33 Å². The molecule has 178 valence electrons. The van der Waals surface area contributed by atoms with Gasteiger partial charge in [0.1, 0.15) is 16.9 Å². The van der Waals surface area contributed by atoms with Crippen LogP contribution in [0.3, 0.4) is 0 Å². The Morgan fingerprint density at radius 3 is 2.37 bits per heavy atom. The van der Waals surface area contributed by atoms with Gasteiger partial charge in [-0.1, -0.05) is 44.8 Å². The Labute approximate surface area is 207 Å². The van der Waals surface area contributed by atoms with E-state index in [0.717, 1.165) is 28.1 Å². The largest absolute Gasteiger partial charge is 0.455 e. The van der Waals surface area contributed by atoms with Crippen LogP contribution in [0.1, 0.15) is 68.5 Å². The lowest BCUT2D eigenvalue weighted by Gasteiger charge is -2.42. The van der Waals surface area contributed by atoms with Gasteiger partial charge >= 0.3 is 0 Å². The molecule has 0 amide bonds. The van der Waals surface area contributed by atoms with Crippen molar-refractivity contribution in [3.8, 4) is 11.3 Å². The van der Waals surface area contributed by atoms with E-state index in [1.54, 1.807) is 0 Å². The van der Waals surface area contributed by atoms with Crippen LogP contribution in [0.4, 0.5) is 0 Å². The Bertz CT molecular complexity index is 1680. The lowest BCUT2D eigenvalue weighted by atomic mass is 9.62. The van der Waals surface area contributed by atoms with Crippen molar-refractivity contribution in [2.24, 2.45) is 7.05 Å². The molecule has 0 unspecified atom stereocenters. The van der Waals surface area contributed by atoms with Crippen LogP contribution >= 0.6 is 0 Å². The molecule has 2 heterocycles. The van der Waals surface area contributed by atoms with Crippen molar-refractivity contribution in [1.82, 2.24) is 4.98 Å². The van der Waals surface area contributed by atoms with Crippen molar-refractivity contribution in [1.29, 1.82) is 0 Å². The van der Waals surface area contributed by atoms with Gasteiger partial charge in [-0.3, -0.25) is 0 Å². The van der Waals surface area contributed by atoms with Crippen molar-refractivity contribution >= 4 is 32.7 Å². The van der Waals surface area contributed by atoms with E-state index in [9.17, 15) is 0 Å². The first-order valence-corrected chi connectivity index (χ1v) is 12.7. The van der Waals surface area contributed by atoms with Crippen LogP contribution in [0.25, 0.3) is 44.0 Å². The van der Waals surface area contributed by atoms with E-state index in [1.165, 1.54) is 56.6 Å². The molecule has 0 fully saturated rings. The zero-order valence-electron chi connectivity index (χ0n) is 22.3. The van der Waals surface area contributed by atoms with Gasteiger partial charge in [-0.15, -0.1) is 0 Å². The number of aryl methyl sites for hydroxylation is 3. The van der Waals surface area contributed by atoms with Gasteiger partial charge in [0.05, 0.1) is 12.6 Å². The summed E-state index contributed by atoms with van der Waals surface area (Å²) < 4.78 is 8.85. The van der Waals surface area contributed by atoms with Crippen molar-refractivity contribution in [2.45, 2.75) is 72.1 Å². The number of rotatable bonds is 1. The molecule has 0 radical (unpaired) electrons. The van der Waals surface area contributed by atoms with Gasteiger partial charge in [-0.25, -0.2) is 4.57 Å². The molecule has 3 aromatic carbocycles. The average Bonchev–Trinajstić information content (AvgIpc) is 3.14. The van der Waals surface area contributed by atoms with E-state index in [2.05, 4.69) is 94.5 Å². The number of nitrogens with zero attached hydrogens (tertiary/aromatic N) is 2. The molecule has 1 aliphatic carbocycles. The highest BCUT2D eigenvalue weighted by atomic mass is 16.3. The lowest BCUT2D eigenvalue weighted by Crippen LogP contribution is -2.34. The van der Waals surface area contributed by atoms with Crippen LogP contribution in [0, 0.1) is 20.8 Å². The highest BCUT2D eigenvalue weighted by Crippen LogP contribution is 2.49. The van der Waals surface area contributed by atoms with Gasteiger partial charge in [0.15, 0.2) is 5.69 Å². The summed E-state index contributed by atoms with van der Waals surface area (Å²) in [5, 5.41) is 5.02. The summed E-state index contributed by atoms with van der Waals surface area (Å²) in [7, 11) is 2.06. The summed E-state index contributed by atoms with van der Waals surface area (Å²) >= 11 is 0. The van der Waals surface area contributed by atoms with Crippen LogP contribution < -0.4 is 4.57 Å². The molecular weight excluding hydrogens is 428 g/mol. The molecule has 1 aliphatic rings. The van der Waals surface area contributed by atoms with Crippen LogP contribution in [0.5, 0.6) is 0 Å². The summed E-state index contributed by atoms with van der Waals surface area (Å²) in [6, 6.07) is 13.8. The van der Waals surface area contributed by atoms with Gasteiger partial charge < -0.3 is 4.42 Å². The summed E-state index contributed by atoms with van der Waals surface area (Å²) in [5.74, 6) is 0. The normalized spacial score (nSPS) is 16.8. The number of fused-ring (bicyclic) bond motifs is 6. The Morgan fingerprint density at radius 2 is 1.60 bits per heavy atom. The maximum atomic E-state index is 6.75. The second-order valence-corrected chi connectivity index (χ2v) is 12.0. The van der Waals surface area contributed by atoms with E-state index in [0.29, 0.717) is 0 Å². The predicted molar refractivity (Wildman–Crippen MR) is 145 cm³/mol. The quantitative estimate of drug-likeness (QED) is 0.237. The molecule has 0 atom stereocenters. The monoisotopic (exact) mass is 463 g/mol. The highest BCUT2D eigenvalue weighted by Gasteiger charge is 2.38. The molecule has 5 aromatic rings. The van der Waals surface area contributed by atoms with E-state index >= 15 is 0 Å². The number of furan rings is 1. The molecule has 0 saturated carbocycles. The van der Waals surface area contributed by atoms with Gasteiger partial charge in [-0.2, -0.15) is 0 Å². The van der Waals surface area contributed by atoms with Crippen molar-refractivity contribution in [3.05, 3.63) is 70.7 Å². The minimum Gasteiger partial charge on any atom is -0.455 e. The zero-order chi connectivity index (χ0) is 24.9. The van der Waals surface area contributed by atoms with Crippen molar-refractivity contribution in [2.75, 3.05) is 0 Å². The van der Waals surface area contributed by atoms with E-state index in [1.807, 2.05) is 13.3 Å². The summed E-state index contributed by atoms with van der Waals surface area (Å²) in [5.41, 5.74) is 11.1. The molecule has 35 heavy (non-hydrogen) atoms. The minimum atomic E-state index is 0.144. The second-order valence-electron chi connectivity index (χ2n) is 12.0. The lowest BCUT2D eigenvalue weighted by molar-refractivity contribution is -0.663. The van der Waals surface area contributed by atoms with Gasteiger partial charge in [0, 0.05) is 23.8 Å². The fraction of sp³-hybridized carbons (Fsp3) is 0.375. The first-order chi connectivity index (χ1) is 16.5. The molecule has 0 bridgehead atoms. The molecular formula is C32H35N2O+. The topological polar surface area (TPSA) is 29.9 Å². The third-order valence-corrected chi connectivity index (χ3v) is 8.62. The maximum absolute atomic E-state index is 6.75. The number of hydrogen-bond donors (Lipinski definition) is 0. The van der Waals surface area contributed by atoms with Crippen LogP contribution in [-0.4, -0.2) is 4.98 Å². The third-order valence-electron chi connectivity index (χ3n) is 8.62. The Kier molecular flexibility index (Phi) is 4.56. The van der Waals surface area contributed by atoms with Crippen LogP contribution in [0.2, 0.25) is 0 Å². The summed E-state index contributed by atoms with van der Waals surface area (Å²) in [6.07, 6.45) is 4.31. The number of hydrogen-bond acceptors (Lipinski definition) is 2. The Hall–Kier alpha value is -3.20. The Balaban J connectivity index is 1.74. The van der Waals surface area contributed by atoms with Crippen LogP contribution in [0.15, 0.2) is 47.1 Å². The van der Waals surface area contributed by atoms with Gasteiger partial charge in [0.2, 0.25) is 0 Å². The standard InChI is InChI=1S/C32H35N2O/c1-18-13-24-23-15-21-9-10-25-29(32(6,7)12-11-31(25,4)5)22(21)16-27(23)35-30(24)28(20(18)3)26-14-19(2)33-17-34(26)8/h9-10,13-17H,11-12H2,1-8H3/q+1. The average molecular weight is 464 g/mol. The minimum absolute atomic E-state index is 0.144. The fourth-order valence-electron chi connectivity index (χ4n) is 6.27. The predicted octanol–water partition coefficient (Wildman–Crippen LogP) is 7.90.